The van der Waals surface area contributed by atoms with Crippen molar-refractivity contribution in [3.63, 3.8) is 0 Å². The third-order valence-electron chi connectivity index (χ3n) is 1.44. The largest absolute Gasteiger partial charge is 0.434 e. The monoisotopic (exact) mass is 249 g/mol. The van der Waals surface area contributed by atoms with Crippen molar-refractivity contribution < 1.29 is 26.3 Å². The number of alkyl halides is 6. The van der Waals surface area contributed by atoms with Crippen molar-refractivity contribution in [3.05, 3.63) is 28.5 Å². The lowest BCUT2D eigenvalue weighted by atomic mass is 10.2. The summed E-state index contributed by atoms with van der Waals surface area (Å²) >= 11 is 5.04. The van der Waals surface area contributed by atoms with Crippen LogP contribution in [0.4, 0.5) is 26.3 Å². The molecule has 0 aliphatic rings. The summed E-state index contributed by atoms with van der Waals surface area (Å²) in [5, 5.41) is -1.07. The number of hydrogen-bond donors (Lipinski definition) is 0. The van der Waals surface area contributed by atoms with Gasteiger partial charge in [-0.2, -0.15) is 26.3 Å². The zero-order valence-corrected chi connectivity index (χ0v) is 7.50. The van der Waals surface area contributed by atoms with Crippen molar-refractivity contribution in [2.24, 2.45) is 0 Å². The van der Waals surface area contributed by atoms with Crippen molar-refractivity contribution in [1.82, 2.24) is 4.98 Å². The molecule has 15 heavy (non-hydrogen) atoms. The Morgan fingerprint density at radius 3 is 1.87 bits per heavy atom. The van der Waals surface area contributed by atoms with Gasteiger partial charge in [0.05, 0.1) is 10.6 Å². The van der Waals surface area contributed by atoms with E-state index in [1.807, 2.05) is 0 Å². The average molecular weight is 250 g/mol. The predicted molar refractivity (Wildman–Crippen MR) is 39.3 cm³/mol. The Morgan fingerprint density at radius 1 is 1.00 bits per heavy atom. The summed E-state index contributed by atoms with van der Waals surface area (Å²) in [5.41, 5.74) is -2.85. The van der Waals surface area contributed by atoms with E-state index in [9.17, 15) is 26.3 Å². The van der Waals surface area contributed by atoms with Crippen LogP contribution in [0, 0.1) is 0 Å². The lowest BCUT2D eigenvalue weighted by Gasteiger charge is -2.10. The molecule has 1 nitrogen and oxygen atoms in total. The van der Waals surface area contributed by atoms with Gasteiger partial charge >= 0.3 is 12.4 Å². The zero-order valence-electron chi connectivity index (χ0n) is 6.75. The fourth-order valence-corrected chi connectivity index (χ4v) is 1.08. The highest BCUT2D eigenvalue weighted by Crippen LogP contribution is 2.36. The first-order valence-corrected chi connectivity index (χ1v) is 3.80. The summed E-state index contributed by atoms with van der Waals surface area (Å²) < 4.78 is 72.2. The summed E-state index contributed by atoms with van der Waals surface area (Å²) in [6.07, 6.45) is -9.53. The summed E-state index contributed by atoms with van der Waals surface area (Å²) in [6.45, 7) is 0. The zero-order chi connectivity index (χ0) is 11.9. The molecule has 0 spiro atoms. The van der Waals surface area contributed by atoms with E-state index in [0.717, 1.165) is 0 Å². The number of rotatable bonds is 0. The van der Waals surface area contributed by atoms with Crippen LogP contribution < -0.4 is 0 Å². The van der Waals surface area contributed by atoms with Crippen LogP contribution in [0.1, 0.15) is 11.3 Å². The summed E-state index contributed by atoms with van der Waals surface area (Å²) in [6, 6.07) is 0.192. The van der Waals surface area contributed by atoms with Crippen LogP contribution in [0.15, 0.2) is 12.3 Å². The van der Waals surface area contributed by atoms with E-state index in [0.29, 0.717) is 0 Å². The molecular formula is C7H2ClF6N. The average Bonchev–Trinajstić information content (AvgIpc) is 1.99. The Kier molecular flexibility index (Phi) is 2.86. The number of nitrogens with zero attached hydrogens (tertiary/aromatic N) is 1. The fourth-order valence-electron chi connectivity index (χ4n) is 0.802. The SMILES string of the molecule is FC(F)(F)c1cnc(C(F)(F)F)c(Cl)c1. The van der Waals surface area contributed by atoms with Crippen LogP contribution in [-0.4, -0.2) is 4.98 Å². The van der Waals surface area contributed by atoms with Gasteiger partial charge in [-0.1, -0.05) is 11.6 Å². The lowest BCUT2D eigenvalue weighted by molar-refractivity contribution is -0.144. The highest BCUT2D eigenvalue weighted by atomic mass is 35.5. The predicted octanol–water partition coefficient (Wildman–Crippen LogP) is 3.77. The smallest absolute Gasteiger partial charge is 0.250 e. The standard InChI is InChI=1S/C7H2ClF6N/c8-4-1-3(6(9,10)11)2-15-5(4)7(12,13)14/h1-2H. The summed E-state index contributed by atoms with van der Waals surface area (Å²) in [4.78, 5) is 2.64. The molecule has 1 aromatic heterocycles. The van der Waals surface area contributed by atoms with Crippen molar-refractivity contribution in [1.29, 1.82) is 0 Å². The highest BCUT2D eigenvalue weighted by molar-refractivity contribution is 6.31. The van der Waals surface area contributed by atoms with Gasteiger partial charge < -0.3 is 0 Å². The quantitative estimate of drug-likeness (QED) is 0.638. The molecule has 0 N–H and O–H groups in total. The van der Waals surface area contributed by atoms with E-state index >= 15 is 0 Å². The van der Waals surface area contributed by atoms with E-state index in [1.54, 1.807) is 0 Å². The maximum Gasteiger partial charge on any atom is 0.434 e. The molecule has 8 heteroatoms. The Balaban J connectivity index is 3.21. The van der Waals surface area contributed by atoms with Crippen molar-refractivity contribution >= 4 is 11.6 Å². The second kappa shape index (κ2) is 3.55. The van der Waals surface area contributed by atoms with E-state index < -0.39 is 28.6 Å². The van der Waals surface area contributed by atoms with Crippen molar-refractivity contribution in [3.8, 4) is 0 Å². The second-order valence-corrected chi connectivity index (χ2v) is 2.96. The van der Waals surface area contributed by atoms with Crippen molar-refractivity contribution in [2.75, 3.05) is 0 Å². The van der Waals surface area contributed by atoms with Gasteiger partial charge in [0.2, 0.25) is 0 Å². The van der Waals surface area contributed by atoms with Crippen LogP contribution in [0.3, 0.4) is 0 Å². The van der Waals surface area contributed by atoms with Gasteiger partial charge in [-0.05, 0) is 6.07 Å². The molecule has 84 valence electrons. The van der Waals surface area contributed by atoms with Crippen LogP contribution >= 0.6 is 11.6 Å². The minimum Gasteiger partial charge on any atom is -0.250 e. The Morgan fingerprint density at radius 2 is 1.53 bits per heavy atom. The van der Waals surface area contributed by atoms with Crippen LogP contribution in [0.25, 0.3) is 0 Å². The highest BCUT2D eigenvalue weighted by Gasteiger charge is 2.38. The first-order valence-electron chi connectivity index (χ1n) is 3.42. The Bertz CT molecular complexity index is 369. The topological polar surface area (TPSA) is 12.9 Å². The molecule has 1 aromatic rings. The molecule has 0 fully saturated rings. The maximum absolute atomic E-state index is 12.0. The third-order valence-corrected chi connectivity index (χ3v) is 1.73. The number of pyridine rings is 1. The molecule has 0 radical (unpaired) electrons. The van der Waals surface area contributed by atoms with E-state index in [2.05, 4.69) is 4.98 Å². The number of aromatic nitrogens is 1. The van der Waals surface area contributed by atoms with Gasteiger partial charge in [0.25, 0.3) is 0 Å². The first-order chi connectivity index (χ1) is 6.62. The minimum atomic E-state index is -4.86. The molecule has 0 amide bonds. The molecule has 0 saturated heterocycles. The summed E-state index contributed by atoms with van der Waals surface area (Å²) in [5.74, 6) is 0. The molecule has 0 saturated carbocycles. The van der Waals surface area contributed by atoms with E-state index in [4.69, 9.17) is 11.6 Å². The molecule has 0 unspecified atom stereocenters. The normalized spacial score (nSPS) is 13.0. The molecule has 0 atom stereocenters. The van der Waals surface area contributed by atoms with Crippen LogP contribution in [0.5, 0.6) is 0 Å². The molecule has 0 aliphatic heterocycles. The van der Waals surface area contributed by atoms with Gasteiger partial charge in [-0.25, -0.2) is 4.98 Å². The van der Waals surface area contributed by atoms with Gasteiger partial charge in [-0.3, -0.25) is 0 Å². The minimum absolute atomic E-state index is 0.0920. The molecule has 1 rings (SSSR count). The van der Waals surface area contributed by atoms with Gasteiger partial charge in [0, 0.05) is 6.20 Å². The van der Waals surface area contributed by atoms with E-state index in [1.165, 1.54) is 0 Å². The number of halogens is 7. The molecule has 0 aromatic carbocycles. The third kappa shape index (κ3) is 2.74. The van der Waals surface area contributed by atoms with Crippen LogP contribution in [-0.2, 0) is 12.4 Å². The van der Waals surface area contributed by atoms with Gasteiger partial charge in [-0.15, -0.1) is 0 Å². The van der Waals surface area contributed by atoms with Gasteiger partial charge in [0.1, 0.15) is 0 Å². The number of hydrogen-bond acceptors (Lipinski definition) is 1. The maximum atomic E-state index is 12.0. The van der Waals surface area contributed by atoms with Gasteiger partial charge in [0.15, 0.2) is 5.69 Å². The van der Waals surface area contributed by atoms with Crippen molar-refractivity contribution in [2.45, 2.75) is 12.4 Å². The summed E-state index contributed by atoms with van der Waals surface area (Å²) in [7, 11) is 0. The second-order valence-electron chi connectivity index (χ2n) is 2.55. The fraction of sp³-hybridized carbons (Fsp3) is 0.286. The Hall–Kier alpha value is -0.980. The first kappa shape index (κ1) is 12.1. The van der Waals surface area contributed by atoms with E-state index in [-0.39, 0.29) is 12.3 Å². The van der Waals surface area contributed by atoms with Crippen LogP contribution in [0.2, 0.25) is 5.02 Å². The lowest BCUT2D eigenvalue weighted by Crippen LogP contribution is -2.12. The molecule has 0 bridgehead atoms. The Labute approximate surface area is 84.7 Å². The molecule has 1 heterocycles. The molecule has 0 aliphatic carbocycles. The molecular weight excluding hydrogens is 248 g/mol.